The summed E-state index contributed by atoms with van der Waals surface area (Å²) in [6.45, 7) is 5.80. The molecule has 1 aliphatic heterocycles. The predicted molar refractivity (Wildman–Crippen MR) is 105 cm³/mol. The molecule has 1 aliphatic rings. The van der Waals surface area contributed by atoms with Crippen molar-refractivity contribution in [2.24, 2.45) is 0 Å². The summed E-state index contributed by atoms with van der Waals surface area (Å²) >= 11 is 0. The van der Waals surface area contributed by atoms with Gasteiger partial charge in [-0.3, -0.25) is 9.59 Å². The highest BCUT2D eigenvalue weighted by Gasteiger charge is 2.19. The minimum atomic E-state index is -0.117. The van der Waals surface area contributed by atoms with Crippen molar-refractivity contribution in [3.8, 4) is 0 Å². The zero-order valence-corrected chi connectivity index (χ0v) is 15.3. The van der Waals surface area contributed by atoms with Gasteiger partial charge in [-0.05, 0) is 56.5 Å². The molecule has 0 radical (unpaired) electrons. The highest BCUT2D eigenvalue weighted by Crippen LogP contribution is 2.17. The van der Waals surface area contributed by atoms with E-state index in [1.54, 1.807) is 0 Å². The van der Waals surface area contributed by atoms with Crippen LogP contribution in [0.3, 0.4) is 0 Å². The third-order valence-electron chi connectivity index (χ3n) is 4.61. The highest BCUT2D eigenvalue weighted by molar-refractivity contribution is 5.96. The fourth-order valence-electron chi connectivity index (χ4n) is 3.20. The molecule has 2 aromatic rings. The Bertz CT molecular complexity index is 811. The average molecular weight is 351 g/mol. The quantitative estimate of drug-likeness (QED) is 0.865. The standard InChI is InChI=1S/C21H25N3O2/c1-15-8-9-19(16(2)12-15)23-20(25)14-22-18-7-5-6-17(13-18)21(26)24-10-3-4-11-24/h5-9,12-13,22H,3-4,10-11,14H2,1-2H3,(H,23,25). The summed E-state index contributed by atoms with van der Waals surface area (Å²) in [6.07, 6.45) is 2.14. The minimum absolute atomic E-state index is 0.0610. The second kappa shape index (κ2) is 8.04. The molecule has 5 heteroatoms. The van der Waals surface area contributed by atoms with Gasteiger partial charge in [-0.15, -0.1) is 0 Å². The summed E-state index contributed by atoms with van der Waals surface area (Å²) < 4.78 is 0. The van der Waals surface area contributed by atoms with Crippen LogP contribution in [-0.2, 0) is 4.79 Å². The van der Waals surface area contributed by atoms with Gasteiger partial charge >= 0.3 is 0 Å². The molecule has 0 aliphatic carbocycles. The van der Waals surface area contributed by atoms with E-state index in [0.29, 0.717) is 5.56 Å². The molecule has 2 amide bonds. The third-order valence-corrected chi connectivity index (χ3v) is 4.61. The molecule has 1 saturated heterocycles. The molecule has 0 unspecified atom stereocenters. The van der Waals surface area contributed by atoms with Crippen molar-refractivity contribution in [2.45, 2.75) is 26.7 Å². The van der Waals surface area contributed by atoms with Crippen molar-refractivity contribution in [3.63, 3.8) is 0 Å². The molecule has 136 valence electrons. The monoisotopic (exact) mass is 351 g/mol. The average Bonchev–Trinajstić information content (AvgIpc) is 3.17. The van der Waals surface area contributed by atoms with Gasteiger partial charge in [0.1, 0.15) is 0 Å². The number of nitrogens with zero attached hydrogens (tertiary/aromatic N) is 1. The molecule has 0 aromatic heterocycles. The summed E-state index contributed by atoms with van der Waals surface area (Å²) in [6, 6.07) is 13.3. The number of carbonyl (C=O) groups excluding carboxylic acids is 2. The molecular weight excluding hydrogens is 326 g/mol. The first-order chi connectivity index (χ1) is 12.5. The molecule has 2 N–H and O–H groups in total. The van der Waals surface area contributed by atoms with E-state index < -0.39 is 0 Å². The zero-order chi connectivity index (χ0) is 18.5. The van der Waals surface area contributed by atoms with Crippen LogP contribution < -0.4 is 10.6 Å². The number of carbonyl (C=O) groups is 2. The summed E-state index contributed by atoms with van der Waals surface area (Å²) in [5.74, 6) is -0.0564. The Morgan fingerprint density at radius 1 is 1.04 bits per heavy atom. The topological polar surface area (TPSA) is 61.4 Å². The maximum absolute atomic E-state index is 12.5. The second-order valence-electron chi connectivity index (χ2n) is 6.80. The highest BCUT2D eigenvalue weighted by atomic mass is 16.2. The molecule has 1 fully saturated rings. The number of hydrogen-bond acceptors (Lipinski definition) is 3. The van der Waals surface area contributed by atoms with Crippen LogP contribution in [-0.4, -0.2) is 36.3 Å². The molecule has 1 heterocycles. The molecule has 2 aromatic carbocycles. The second-order valence-corrected chi connectivity index (χ2v) is 6.80. The largest absolute Gasteiger partial charge is 0.376 e. The molecule has 0 bridgehead atoms. The number of hydrogen-bond donors (Lipinski definition) is 2. The van der Waals surface area contributed by atoms with Crippen LogP contribution in [0.4, 0.5) is 11.4 Å². The SMILES string of the molecule is Cc1ccc(NC(=O)CNc2cccc(C(=O)N3CCCC3)c2)c(C)c1. The Kier molecular flexibility index (Phi) is 5.56. The summed E-state index contributed by atoms with van der Waals surface area (Å²) in [5, 5.41) is 6.01. The van der Waals surface area contributed by atoms with Gasteiger partial charge in [-0.25, -0.2) is 0 Å². The molecule has 26 heavy (non-hydrogen) atoms. The molecule has 3 rings (SSSR count). The van der Waals surface area contributed by atoms with Crippen molar-refractivity contribution in [3.05, 3.63) is 59.2 Å². The summed E-state index contributed by atoms with van der Waals surface area (Å²) in [7, 11) is 0. The zero-order valence-electron chi connectivity index (χ0n) is 15.3. The van der Waals surface area contributed by atoms with Crippen LogP contribution in [0.15, 0.2) is 42.5 Å². The van der Waals surface area contributed by atoms with Crippen LogP contribution in [0, 0.1) is 13.8 Å². The minimum Gasteiger partial charge on any atom is -0.376 e. The van der Waals surface area contributed by atoms with E-state index >= 15 is 0 Å². The smallest absolute Gasteiger partial charge is 0.253 e. The van der Waals surface area contributed by atoms with Crippen molar-refractivity contribution in [1.82, 2.24) is 4.90 Å². The first-order valence-corrected chi connectivity index (χ1v) is 9.03. The number of rotatable bonds is 5. The Morgan fingerprint density at radius 2 is 1.81 bits per heavy atom. The fraction of sp³-hybridized carbons (Fsp3) is 0.333. The maximum Gasteiger partial charge on any atom is 0.253 e. The van der Waals surface area contributed by atoms with Crippen LogP contribution in [0.5, 0.6) is 0 Å². The van der Waals surface area contributed by atoms with Crippen LogP contribution >= 0.6 is 0 Å². The number of benzene rings is 2. The molecule has 5 nitrogen and oxygen atoms in total. The van der Waals surface area contributed by atoms with Gasteiger partial charge in [0.15, 0.2) is 0 Å². The molecule has 0 saturated carbocycles. The lowest BCUT2D eigenvalue weighted by Crippen LogP contribution is -2.27. The van der Waals surface area contributed by atoms with Crippen molar-refractivity contribution < 1.29 is 9.59 Å². The Hall–Kier alpha value is -2.82. The van der Waals surface area contributed by atoms with E-state index in [1.165, 1.54) is 0 Å². The Balaban J connectivity index is 1.58. The van der Waals surface area contributed by atoms with Crippen molar-refractivity contribution in [1.29, 1.82) is 0 Å². The number of aryl methyl sites for hydroxylation is 2. The fourth-order valence-corrected chi connectivity index (χ4v) is 3.20. The van der Waals surface area contributed by atoms with Crippen molar-refractivity contribution in [2.75, 3.05) is 30.3 Å². The van der Waals surface area contributed by atoms with Gasteiger partial charge in [0.05, 0.1) is 6.54 Å². The third kappa shape index (κ3) is 4.42. The van der Waals surface area contributed by atoms with E-state index in [1.807, 2.05) is 61.2 Å². The number of amides is 2. The lowest BCUT2D eigenvalue weighted by molar-refractivity contribution is -0.114. The van der Waals surface area contributed by atoms with Crippen molar-refractivity contribution >= 4 is 23.2 Å². The van der Waals surface area contributed by atoms with Gasteiger partial charge in [-0.1, -0.05) is 23.8 Å². The predicted octanol–water partition coefficient (Wildman–Crippen LogP) is 3.59. The van der Waals surface area contributed by atoms with Crippen LogP contribution in [0.2, 0.25) is 0 Å². The summed E-state index contributed by atoms with van der Waals surface area (Å²) in [5.41, 5.74) is 4.45. The van der Waals surface area contributed by atoms with Crippen LogP contribution in [0.25, 0.3) is 0 Å². The molecular formula is C21H25N3O2. The Morgan fingerprint density at radius 3 is 2.54 bits per heavy atom. The van der Waals surface area contributed by atoms with E-state index in [4.69, 9.17) is 0 Å². The maximum atomic E-state index is 12.5. The lowest BCUT2D eigenvalue weighted by Gasteiger charge is -2.16. The van der Waals surface area contributed by atoms with E-state index in [-0.39, 0.29) is 18.4 Å². The van der Waals surface area contributed by atoms with E-state index in [0.717, 1.165) is 48.4 Å². The first kappa shape index (κ1) is 18.0. The van der Waals surface area contributed by atoms with Gasteiger partial charge in [0.25, 0.3) is 5.91 Å². The number of nitrogens with one attached hydrogen (secondary N) is 2. The van der Waals surface area contributed by atoms with Gasteiger partial charge in [0.2, 0.25) is 5.91 Å². The normalized spacial score (nSPS) is 13.5. The van der Waals surface area contributed by atoms with Gasteiger partial charge in [0, 0.05) is 30.0 Å². The molecule has 0 atom stereocenters. The number of likely N-dealkylation sites (tertiary alicyclic amines) is 1. The van der Waals surface area contributed by atoms with Crippen LogP contribution in [0.1, 0.15) is 34.3 Å². The lowest BCUT2D eigenvalue weighted by atomic mass is 10.1. The van der Waals surface area contributed by atoms with E-state index in [9.17, 15) is 9.59 Å². The molecule has 0 spiro atoms. The number of anilines is 2. The summed E-state index contributed by atoms with van der Waals surface area (Å²) in [4.78, 5) is 26.5. The first-order valence-electron chi connectivity index (χ1n) is 9.03. The van der Waals surface area contributed by atoms with Gasteiger partial charge < -0.3 is 15.5 Å². The van der Waals surface area contributed by atoms with Gasteiger partial charge in [-0.2, -0.15) is 0 Å². The Labute approximate surface area is 154 Å². The van der Waals surface area contributed by atoms with E-state index in [2.05, 4.69) is 10.6 Å².